The number of piperazine rings is 1. The van der Waals surface area contributed by atoms with Crippen molar-refractivity contribution in [3.63, 3.8) is 0 Å². The first-order chi connectivity index (χ1) is 17.1. The summed E-state index contributed by atoms with van der Waals surface area (Å²) in [5.41, 5.74) is 0.776. The van der Waals surface area contributed by atoms with Gasteiger partial charge in [-0.05, 0) is 62.7 Å². The molecule has 2 aromatic carbocycles. The van der Waals surface area contributed by atoms with Crippen LogP contribution in [0.3, 0.4) is 0 Å². The summed E-state index contributed by atoms with van der Waals surface area (Å²) in [5, 5.41) is 8.37. The number of halogens is 3. The maximum absolute atomic E-state index is 13.1. The molecule has 2 amide bonds. The van der Waals surface area contributed by atoms with Crippen molar-refractivity contribution in [2.45, 2.75) is 33.0 Å². The van der Waals surface area contributed by atoms with E-state index in [-0.39, 0.29) is 11.3 Å². The van der Waals surface area contributed by atoms with Crippen LogP contribution in [0, 0.1) is 6.92 Å². The molecular weight excluding hydrogens is 471 g/mol. The van der Waals surface area contributed by atoms with E-state index in [0.717, 1.165) is 31.4 Å². The molecule has 1 aliphatic heterocycles. The van der Waals surface area contributed by atoms with Gasteiger partial charge in [0.1, 0.15) is 5.75 Å². The molecule has 0 aromatic heterocycles. The minimum absolute atomic E-state index is 0.0385. The molecule has 192 valence electrons. The zero-order valence-corrected chi connectivity index (χ0v) is 20.4. The number of nitrogens with one attached hydrogen (secondary N) is 3. The Morgan fingerprint density at radius 1 is 1.19 bits per heavy atom. The minimum Gasteiger partial charge on any atom is -0.439 e. The lowest BCUT2D eigenvalue weighted by molar-refractivity contribution is -0.138. The summed E-state index contributed by atoms with van der Waals surface area (Å²) in [6, 6.07) is 9.84. The maximum Gasteiger partial charge on any atom is 0.416 e. The van der Waals surface area contributed by atoms with Crippen molar-refractivity contribution in [3.05, 3.63) is 78.1 Å². The Morgan fingerprint density at radius 2 is 1.86 bits per heavy atom. The van der Waals surface area contributed by atoms with E-state index >= 15 is 0 Å². The molecule has 1 fully saturated rings. The van der Waals surface area contributed by atoms with E-state index in [9.17, 15) is 18.0 Å². The molecule has 7 nitrogen and oxygen atoms in total. The Kier molecular flexibility index (Phi) is 8.76. The number of ether oxygens (including phenoxy) is 1. The average molecular weight is 502 g/mol. The maximum atomic E-state index is 13.1. The highest BCUT2D eigenvalue weighted by Crippen LogP contribution is 2.33. The molecule has 1 saturated heterocycles. The fraction of sp³-hybridized carbons (Fsp3) is 0.308. The van der Waals surface area contributed by atoms with E-state index in [0.29, 0.717) is 23.4 Å². The number of carbonyl (C=O) groups is 1. The topological polar surface area (TPSA) is 78.0 Å². The van der Waals surface area contributed by atoms with Gasteiger partial charge in [0.25, 0.3) is 0 Å². The van der Waals surface area contributed by atoms with Crippen LogP contribution in [-0.2, 0) is 6.18 Å². The van der Waals surface area contributed by atoms with Crippen LogP contribution < -0.4 is 20.7 Å². The molecule has 1 heterocycles. The zero-order valence-electron chi connectivity index (χ0n) is 20.4. The molecule has 3 rings (SSSR count). The third kappa shape index (κ3) is 7.35. The van der Waals surface area contributed by atoms with Crippen LogP contribution in [0.5, 0.6) is 5.75 Å². The molecule has 0 bridgehead atoms. The lowest BCUT2D eigenvalue weighted by atomic mass is 10.1. The molecule has 0 spiro atoms. The summed E-state index contributed by atoms with van der Waals surface area (Å²) in [6.45, 7) is 11.8. The Bertz CT molecular complexity index is 1140. The van der Waals surface area contributed by atoms with E-state index in [2.05, 4.69) is 39.3 Å². The molecule has 1 atom stereocenters. The number of alkyl halides is 3. The average Bonchev–Trinajstić information content (AvgIpc) is 2.81. The largest absolute Gasteiger partial charge is 0.439 e. The highest BCUT2D eigenvalue weighted by atomic mass is 19.4. The van der Waals surface area contributed by atoms with Crippen LogP contribution in [0.1, 0.15) is 25.0 Å². The van der Waals surface area contributed by atoms with Crippen molar-refractivity contribution in [1.82, 2.24) is 10.2 Å². The Morgan fingerprint density at radius 3 is 2.50 bits per heavy atom. The number of aliphatic imine (C=N–C) groups is 1. The number of hydrogen-bond donors (Lipinski definition) is 3. The van der Waals surface area contributed by atoms with Crippen molar-refractivity contribution >= 4 is 23.3 Å². The molecule has 0 radical (unpaired) electrons. The number of benzene rings is 2. The third-order valence-electron chi connectivity index (χ3n) is 5.64. The highest BCUT2D eigenvalue weighted by molar-refractivity contribution is 6.00. The first-order valence-corrected chi connectivity index (χ1v) is 11.4. The monoisotopic (exact) mass is 501 g/mol. The number of anilines is 2. The first kappa shape index (κ1) is 26.8. The normalized spacial score (nSPS) is 16.9. The summed E-state index contributed by atoms with van der Waals surface area (Å²) in [7, 11) is 0. The molecule has 36 heavy (non-hydrogen) atoms. The van der Waals surface area contributed by atoms with Gasteiger partial charge in [0.2, 0.25) is 5.90 Å². The van der Waals surface area contributed by atoms with Crippen molar-refractivity contribution in [2.24, 2.45) is 4.99 Å². The van der Waals surface area contributed by atoms with Gasteiger partial charge in [0.15, 0.2) is 0 Å². The Hall–Kier alpha value is -3.79. The zero-order chi connectivity index (χ0) is 26.3. The number of rotatable bonds is 6. The second-order valence-corrected chi connectivity index (χ2v) is 8.42. The van der Waals surface area contributed by atoms with Crippen molar-refractivity contribution in [3.8, 4) is 5.75 Å². The van der Waals surface area contributed by atoms with Gasteiger partial charge in [0.05, 0.1) is 5.56 Å². The van der Waals surface area contributed by atoms with Gasteiger partial charge in [-0.25, -0.2) is 9.79 Å². The van der Waals surface area contributed by atoms with Gasteiger partial charge in [-0.1, -0.05) is 12.6 Å². The van der Waals surface area contributed by atoms with Crippen molar-refractivity contribution in [1.29, 1.82) is 0 Å². The summed E-state index contributed by atoms with van der Waals surface area (Å²) >= 11 is 0. The van der Waals surface area contributed by atoms with E-state index in [4.69, 9.17) is 4.74 Å². The second kappa shape index (κ2) is 11.8. The predicted molar refractivity (Wildman–Crippen MR) is 136 cm³/mol. The van der Waals surface area contributed by atoms with Crippen LogP contribution in [0.2, 0.25) is 0 Å². The molecular formula is C26H30F3N5O2. The number of amides is 2. The van der Waals surface area contributed by atoms with Crippen molar-refractivity contribution in [2.75, 3.05) is 30.3 Å². The molecule has 10 heteroatoms. The summed E-state index contributed by atoms with van der Waals surface area (Å²) in [5.74, 6) is 0.860. The number of aryl methyl sites for hydroxylation is 1. The highest BCUT2D eigenvalue weighted by Gasteiger charge is 2.32. The quantitative estimate of drug-likeness (QED) is 0.347. The van der Waals surface area contributed by atoms with Crippen LogP contribution >= 0.6 is 0 Å². The number of carbonyl (C=O) groups excluding carboxylic acids is 1. The van der Waals surface area contributed by atoms with Crippen molar-refractivity contribution < 1.29 is 22.7 Å². The van der Waals surface area contributed by atoms with Gasteiger partial charge in [-0.3, -0.25) is 0 Å². The van der Waals surface area contributed by atoms with E-state index < -0.39 is 17.8 Å². The van der Waals surface area contributed by atoms with Crippen LogP contribution in [-0.4, -0.2) is 42.5 Å². The van der Waals surface area contributed by atoms with Crippen LogP contribution in [0.25, 0.3) is 0 Å². The summed E-state index contributed by atoms with van der Waals surface area (Å²) < 4.78 is 45.2. The van der Waals surface area contributed by atoms with E-state index in [1.165, 1.54) is 25.3 Å². The molecule has 0 aliphatic carbocycles. The molecule has 2 aromatic rings. The number of nitrogens with zero attached hydrogens (tertiary/aromatic N) is 2. The summed E-state index contributed by atoms with van der Waals surface area (Å²) in [6.07, 6.45) is -1.26. The predicted octanol–water partition coefficient (Wildman–Crippen LogP) is 5.78. The molecule has 0 unspecified atom stereocenters. The minimum atomic E-state index is -4.50. The van der Waals surface area contributed by atoms with Gasteiger partial charge in [0, 0.05) is 55.0 Å². The van der Waals surface area contributed by atoms with E-state index in [1.807, 2.05) is 13.0 Å². The Labute approximate surface area is 208 Å². The van der Waals surface area contributed by atoms with Crippen LogP contribution in [0.15, 0.2) is 72.0 Å². The SMILES string of the molecule is C=C/N=C(\C=C(/C)N1CCNC[C@@H]1C)Oc1ccc(NC(=O)Nc2ccc(C)c(C(F)(F)F)c2)cc1. The summed E-state index contributed by atoms with van der Waals surface area (Å²) in [4.78, 5) is 18.8. The lowest BCUT2D eigenvalue weighted by Gasteiger charge is -2.36. The van der Waals surface area contributed by atoms with Gasteiger partial charge in [-0.2, -0.15) is 13.2 Å². The first-order valence-electron chi connectivity index (χ1n) is 11.4. The third-order valence-corrected chi connectivity index (χ3v) is 5.64. The lowest BCUT2D eigenvalue weighted by Crippen LogP contribution is -2.48. The van der Waals surface area contributed by atoms with Crippen LogP contribution in [0.4, 0.5) is 29.3 Å². The van der Waals surface area contributed by atoms with Gasteiger partial charge >= 0.3 is 12.2 Å². The van der Waals surface area contributed by atoms with E-state index in [1.54, 1.807) is 24.3 Å². The number of hydrogen-bond acceptors (Lipinski definition) is 5. The van der Waals surface area contributed by atoms with Gasteiger partial charge < -0.3 is 25.6 Å². The van der Waals surface area contributed by atoms with Gasteiger partial charge in [-0.15, -0.1) is 0 Å². The standard InChI is InChI=1S/C26H30F3N5O2/c1-5-31-24(14-18(3)34-13-12-30-16-19(34)4)36-22-10-8-20(9-11-22)32-25(35)33-21-7-6-17(2)23(15-21)26(27,28)29/h5-11,14-15,19,30H,1,12-13,16H2,2-4H3,(H2,32,33,35)/b18-14+,31-24+/t19-/m0/s1. The Balaban J connectivity index is 1.63. The molecule has 0 saturated carbocycles. The second-order valence-electron chi connectivity index (χ2n) is 8.42. The number of allylic oxidation sites excluding steroid dienone is 1. The fourth-order valence-electron chi connectivity index (χ4n) is 3.84. The molecule has 3 N–H and O–H groups in total. The molecule has 1 aliphatic rings. The fourth-order valence-corrected chi connectivity index (χ4v) is 3.84. The number of urea groups is 1. The smallest absolute Gasteiger partial charge is 0.416 e.